The van der Waals surface area contributed by atoms with Crippen LogP contribution in [0.5, 0.6) is 0 Å². The van der Waals surface area contributed by atoms with E-state index >= 15 is 0 Å². The van der Waals surface area contributed by atoms with E-state index in [0.29, 0.717) is 16.9 Å². The van der Waals surface area contributed by atoms with Gasteiger partial charge < -0.3 is 10.4 Å². The highest BCUT2D eigenvalue weighted by molar-refractivity contribution is 6.04. The van der Waals surface area contributed by atoms with Crippen LogP contribution < -0.4 is 5.32 Å². The molecule has 2 N–H and O–H groups in total. The van der Waals surface area contributed by atoms with Gasteiger partial charge in [0.2, 0.25) is 0 Å². The number of benzene rings is 1. The van der Waals surface area contributed by atoms with Gasteiger partial charge in [0.25, 0.3) is 5.91 Å². The number of carbonyl (C=O) groups is 2. The minimum absolute atomic E-state index is 0.333. The van der Waals surface area contributed by atoms with Gasteiger partial charge in [-0.05, 0) is 39.3 Å². The molecule has 0 unspecified atom stereocenters. The van der Waals surface area contributed by atoms with Crippen LogP contribution in [-0.4, -0.2) is 36.5 Å². The lowest BCUT2D eigenvalue weighted by atomic mass is 10.1. The highest BCUT2D eigenvalue weighted by Gasteiger charge is 2.30. The SMILES string of the molecule is Cc1ccccc1-n1ncc(C(=O)Nc2cnn(C(C)(C)C(=O)O)c2)c1C. The lowest BCUT2D eigenvalue weighted by Crippen LogP contribution is -2.35. The van der Waals surface area contributed by atoms with Crippen LogP contribution >= 0.6 is 0 Å². The summed E-state index contributed by atoms with van der Waals surface area (Å²) in [6.45, 7) is 6.87. The second kappa shape index (κ2) is 6.71. The predicted octanol–water partition coefficient (Wildman–Crippen LogP) is 2.76. The predicted molar refractivity (Wildman–Crippen MR) is 100 cm³/mol. The topological polar surface area (TPSA) is 102 Å². The second-order valence-corrected chi connectivity index (χ2v) is 6.83. The van der Waals surface area contributed by atoms with Crippen LogP contribution in [0.1, 0.15) is 35.5 Å². The monoisotopic (exact) mass is 367 g/mol. The molecule has 27 heavy (non-hydrogen) atoms. The van der Waals surface area contributed by atoms with Crippen molar-refractivity contribution in [3.05, 3.63) is 59.7 Å². The fraction of sp³-hybridized carbons (Fsp3) is 0.263. The summed E-state index contributed by atoms with van der Waals surface area (Å²) in [7, 11) is 0. The molecule has 0 atom stereocenters. The number of aromatic nitrogens is 4. The Hall–Kier alpha value is -3.42. The van der Waals surface area contributed by atoms with Gasteiger partial charge in [0.05, 0.1) is 35.0 Å². The standard InChI is InChI=1S/C19H21N5O3/c1-12-7-5-6-8-16(12)24-13(2)15(10-21-24)17(25)22-14-9-20-23(11-14)19(3,4)18(26)27/h5-11H,1-4H3,(H,22,25)(H,26,27). The Balaban J connectivity index is 1.83. The summed E-state index contributed by atoms with van der Waals surface area (Å²) < 4.78 is 3.02. The molecule has 0 radical (unpaired) electrons. The molecule has 2 aromatic heterocycles. The number of amides is 1. The summed E-state index contributed by atoms with van der Waals surface area (Å²) in [5, 5.41) is 20.4. The zero-order valence-corrected chi connectivity index (χ0v) is 15.6. The molecule has 0 aliphatic heterocycles. The number of nitrogens with zero attached hydrogens (tertiary/aromatic N) is 4. The first-order chi connectivity index (χ1) is 12.7. The Morgan fingerprint density at radius 3 is 2.48 bits per heavy atom. The lowest BCUT2D eigenvalue weighted by molar-refractivity contribution is -0.146. The number of para-hydroxylation sites is 1. The third kappa shape index (κ3) is 3.33. The van der Waals surface area contributed by atoms with Crippen molar-refractivity contribution in [1.82, 2.24) is 19.6 Å². The summed E-state index contributed by atoms with van der Waals surface area (Å²) in [4.78, 5) is 24.0. The molecular formula is C19H21N5O3. The molecule has 8 heteroatoms. The van der Waals surface area contributed by atoms with Gasteiger partial charge in [0, 0.05) is 6.20 Å². The largest absolute Gasteiger partial charge is 0.479 e. The van der Waals surface area contributed by atoms with E-state index in [0.717, 1.165) is 11.3 Å². The molecule has 0 aliphatic carbocycles. The quantitative estimate of drug-likeness (QED) is 0.722. The molecule has 1 aromatic carbocycles. The molecule has 0 fully saturated rings. The van der Waals surface area contributed by atoms with Crippen LogP contribution in [0.25, 0.3) is 5.69 Å². The number of hydrogen-bond donors (Lipinski definition) is 2. The third-order valence-corrected chi connectivity index (χ3v) is 4.53. The highest BCUT2D eigenvalue weighted by Crippen LogP contribution is 2.20. The average molecular weight is 367 g/mol. The number of carboxylic acids is 1. The molecule has 2 heterocycles. The molecule has 3 aromatic rings. The maximum absolute atomic E-state index is 12.6. The van der Waals surface area contributed by atoms with Crippen molar-refractivity contribution in [2.24, 2.45) is 0 Å². The summed E-state index contributed by atoms with van der Waals surface area (Å²) in [5.74, 6) is -1.35. The van der Waals surface area contributed by atoms with Crippen LogP contribution in [0.3, 0.4) is 0 Å². The molecule has 0 saturated heterocycles. The van der Waals surface area contributed by atoms with Gasteiger partial charge in [0.1, 0.15) is 0 Å². The number of carbonyl (C=O) groups excluding carboxylic acids is 1. The smallest absolute Gasteiger partial charge is 0.331 e. The zero-order chi connectivity index (χ0) is 19.8. The van der Waals surface area contributed by atoms with E-state index in [2.05, 4.69) is 15.5 Å². The van der Waals surface area contributed by atoms with Gasteiger partial charge >= 0.3 is 5.97 Å². The number of aliphatic carboxylic acids is 1. The summed E-state index contributed by atoms with van der Waals surface area (Å²) in [5.41, 5.74) is 2.30. The van der Waals surface area contributed by atoms with Gasteiger partial charge in [0.15, 0.2) is 5.54 Å². The van der Waals surface area contributed by atoms with E-state index < -0.39 is 11.5 Å². The van der Waals surface area contributed by atoms with Crippen molar-refractivity contribution in [3.8, 4) is 5.69 Å². The number of aryl methyl sites for hydroxylation is 1. The average Bonchev–Trinajstić information content (AvgIpc) is 3.22. The molecule has 8 nitrogen and oxygen atoms in total. The normalized spacial score (nSPS) is 11.4. The van der Waals surface area contributed by atoms with Crippen LogP contribution in [0, 0.1) is 13.8 Å². The van der Waals surface area contributed by atoms with Crippen molar-refractivity contribution in [2.45, 2.75) is 33.2 Å². The fourth-order valence-corrected chi connectivity index (χ4v) is 2.67. The Morgan fingerprint density at radius 1 is 1.11 bits per heavy atom. The Kier molecular flexibility index (Phi) is 4.57. The maximum Gasteiger partial charge on any atom is 0.331 e. The van der Waals surface area contributed by atoms with Crippen molar-refractivity contribution >= 4 is 17.6 Å². The van der Waals surface area contributed by atoms with Gasteiger partial charge in [-0.25, -0.2) is 9.48 Å². The number of nitrogens with one attached hydrogen (secondary N) is 1. The van der Waals surface area contributed by atoms with Gasteiger partial charge in [-0.1, -0.05) is 18.2 Å². The fourth-order valence-electron chi connectivity index (χ4n) is 2.67. The van der Waals surface area contributed by atoms with Crippen molar-refractivity contribution in [3.63, 3.8) is 0 Å². The van der Waals surface area contributed by atoms with E-state index in [4.69, 9.17) is 0 Å². The van der Waals surface area contributed by atoms with Crippen molar-refractivity contribution in [2.75, 3.05) is 5.32 Å². The van der Waals surface area contributed by atoms with Crippen LogP contribution in [-0.2, 0) is 10.3 Å². The number of carboxylic acid groups (broad SMARTS) is 1. The van der Waals surface area contributed by atoms with Crippen LogP contribution in [0.15, 0.2) is 42.9 Å². The van der Waals surface area contributed by atoms with Crippen LogP contribution in [0.2, 0.25) is 0 Å². The van der Waals surface area contributed by atoms with E-state index in [1.54, 1.807) is 4.68 Å². The third-order valence-electron chi connectivity index (χ3n) is 4.53. The zero-order valence-electron chi connectivity index (χ0n) is 15.6. The summed E-state index contributed by atoms with van der Waals surface area (Å²) in [6, 6.07) is 7.78. The molecule has 1 amide bonds. The van der Waals surface area contributed by atoms with Crippen LogP contribution in [0.4, 0.5) is 5.69 Å². The summed E-state index contributed by atoms with van der Waals surface area (Å²) >= 11 is 0. The Bertz CT molecular complexity index is 1020. The first-order valence-electron chi connectivity index (χ1n) is 8.42. The first-order valence-corrected chi connectivity index (χ1v) is 8.42. The molecule has 0 bridgehead atoms. The Morgan fingerprint density at radius 2 is 1.81 bits per heavy atom. The lowest BCUT2D eigenvalue weighted by Gasteiger charge is -2.19. The summed E-state index contributed by atoms with van der Waals surface area (Å²) in [6.07, 6.45) is 4.43. The Labute approximate surface area is 156 Å². The molecule has 0 aliphatic rings. The van der Waals surface area contributed by atoms with E-state index in [1.165, 1.54) is 37.1 Å². The minimum atomic E-state index is -1.21. The minimum Gasteiger partial charge on any atom is -0.479 e. The second-order valence-electron chi connectivity index (χ2n) is 6.83. The van der Waals surface area contributed by atoms with Crippen molar-refractivity contribution < 1.29 is 14.7 Å². The van der Waals surface area contributed by atoms with E-state index in [9.17, 15) is 14.7 Å². The van der Waals surface area contributed by atoms with Gasteiger partial charge in [-0.2, -0.15) is 10.2 Å². The van der Waals surface area contributed by atoms with Gasteiger partial charge in [-0.15, -0.1) is 0 Å². The first kappa shape index (κ1) is 18.4. The number of rotatable bonds is 5. The van der Waals surface area contributed by atoms with E-state index in [-0.39, 0.29) is 5.91 Å². The highest BCUT2D eigenvalue weighted by atomic mass is 16.4. The van der Waals surface area contributed by atoms with Gasteiger partial charge in [-0.3, -0.25) is 9.48 Å². The molecular weight excluding hydrogens is 346 g/mol. The van der Waals surface area contributed by atoms with E-state index in [1.807, 2.05) is 38.1 Å². The number of anilines is 1. The molecule has 140 valence electrons. The molecule has 0 saturated carbocycles. The number of hydrogen-bond acceptors (Lipinski definition) is 4. The molecule has 0 spiro atoms. The van der Waals surface area contributed by atoms with Crippen molar-refractivity contribution in [1.29, 1.82) is 0 Å². The maximum atomic E-state index is 12.6. The molecule has 3 rings (SSSR count).